The molecule has 502 valence electrons. The molecular weight excluding hydrogens is 1180 g/mol. The van der Waals surface area contributed by atoms with Gasteiger partial charge >= 0.3 is 6.03 Å². The van der Waals surface area contributed by atoms with Crippen LogP contribution in [0.3, 0.4) is 0 Å². The summed E-state index contributed by atoms with van der Waals surface area (Å²) in [4.78, 5) is 134. The first-order valence-corrected chi connectivity index (χ1v) is 32.9. The van der Waals surface area contributed by atoms with Gasteiger partial charge in [0, 0.05) is 78.1 Å². The lowest BCUT2D eigenvalue weighted by Gasteiger charge is -2.41. The van der Waals surface area contributed by atoms with Gasteiger partial charge in [0.05, 0.1) is 54.8 Å². The Morgan fingerprint density at radius 2 is 1.41 bits per heavy atom. The van der Waals surface area contributed by atoms with E-state index in [4.69, 9.17) is 15.2 Å². The van der Waals surface area contributed by atoms with Gasteiger partial charge in [-0.3, -0.25) is 43.3 Å². The largest absolute Gasteiger partial charge is 0.379 e. The summed E-state index contributed by atoms with van der Waals surface area (Å²) >= 11 is 0. The van der Waals surface area contributed by atoms with Gasteiger partial charge in [0.1, 0.15) is 18.1 Å². The number of sulfone groups is 1. The van der Waals surface area contributed by atoms with Gasteiger partial charge in [-0.05, 0) is 94.0 Å². The van der Waals surface area contributed by atoms with E-state index < -0.39 is 99.8 Å². The lowest BCUT2D eigenvalue weighted by atomic mass is 9.89. The second-order valence-corrected chi connectivity index (χ2v) is 26.4. The van der Waals surface area contributed by atoms with Crippen molar-refractivity contribution < 1.29 is 61.0 Å². The predicted octanol–water partition coefficient (Wildman–Crippen LogP) is 2.88. The van der Waals surface area contributed by atoms with Crippen LogP contribution < -0.4 is 43.0 Å². The van der Waals surface area contributed by atoms with Crippen molar-refractivity contribution in [2.24, 2.45) is 35.3 Å². The Hall–Kier alpha value is -7.28. The molecule has 90 heavy (non-hydrogen) atoms. The maximum atomic E-state index is 14.4. The van der Waals surface area contributed by atoms with Crippen LogP contribution in [0, 0.1) is 41.4 Å². The van der Waals surface area contributed by atoms with Gasteiger partial charge in [-0.25, -0.2) is 23.2 Å². The van der Waals surface area contributed by atoms with Crippen LogP contribution in [0.15, 0.2) is 41.8 Å². The van der Waals surface area contributed by atoms with Crippen molar-refractivity contribution in [2.75, 3.05) is 66.6 Å². The number of unbranched alkanes of at least 4 members (excludes halogenated alkanes) is 2. The Labute approximate surface area is 532 Å². The molecule has 27 heteroatoms. The topological polar surface area (TPSA) is 352 Å². The minimum absolute atomic E-state index is 0.000698. The number of aromatic nitrogens is 2. The van der Waals surface area contributed by atoms with E-state index in [1.165, 1.54) is 26.6 Å². The summed E-state index contributed by atoms with van der Waals surface area (Å²) in [5, 5.41) is 19.1. The van der Waals surface area contributed by atoms with Gasteiger partial charge in [0.15, 0.2) is 0 Å². The van der Waals surface area contributed by atoms with E-state index in [1.807, 2.05) is 60.5 Å². The number of anilines is 1. The van der Waals surface area contributed by atoms with Crippen LogP contribution in [0.1, 0.15) is 138 Å². The Bertz CT molecular complexity index is 2870. The fourth-order valence-electron chi connectivity index (χ4n) is 11.0. The van der Waals surface area contributed by atoms with Crippen LogP contribution in [0.2, 0.25) is 0 Å². The van der Waals surface area contributed by atoms with Crippen LogP contribution in [0.5, 0.6) is 0 Å². The van der Waals surface area contributed by atoms with Gasteiger partial charge in [-0.2, -0.15) is 0 Å². The maximum absolute atomic E-state index is 14.4. The summed E-state index contributed by atoms with van der Waals surface area (Å²) < 4.78 is 35.2. The number of hydrogen-bond acceptors (Lipinski definition) is 16. The van der Waals surface area contributed by atoms with Crippen molar-refractivity contribution in [3.8, 4) is 11.8 Å². The molecule has 0 radical (unpaired) electrons. The Kier molecular flexibility index (Phi) is 32.3. The highest BCUT2D eigenvalue weighted by molar-refractivity contribution is 7.90. The standard InChI is InChI=1S/C63H101N13O13S/c1-16-41(8)55(75(12)61(84)53(39(4)5)73-60(83)54(40(6)7)74(10)11)48(88-13)33-51(79)76-32-22-25-47(76)56(89-14)42(9)57(80)67-37-50(78)66-34-43-27-29-45(30-28-43)70-58(81)46(24-20-21-31-65-62(64)85)71-59(82)52(38(2)3)72-49(77)26-19-17-18-23-44-35-68-63(69-36-44)90(15,86)87/h27-30,35-36,38-42,46-48,52-56H,16-17,19-22,24-26,31-34,37H2,1-15H3,(H,66,78)(H,67,80)(H,70,81)(H,71,82)(H,72,77)(H,73,83)(H3,64,65,85)/t41-,42+,46-,47-,48+,52-,53-,54-,55-,56+/m0/s1. The van der Waals surface area contributed by atoms with E-state index in [9.17, 15) is 51.6 Å². The number of benzene rings is 1. The SMILES string of the molecule is CC[C@H](C)[C@@H]([C@@H](CC(=O)N1CCC[C@H]1[C@H](OC)[C@@H](C)C(=O)NCC(=O)NCc1ccc(NC(=O)[C@H](CCCCNC(N)=O)NC(=O)[C@@H](NC(=O)CCCC#Cc2cnc(S(C)(=O)=O)nc2)C(C)C)cc1)OC)N(C)C(=O)[C@@H](NC(=O)[C@H](C(C)C)N(C)C)C(C)C. The van der Waals surface area contributed by atoms with Gasteiger partial charge < -0.3 is 62.2 Å². The minimum atomic E-state index is -3.56. The van der Waals surface area contributed by atoms with Crippen LogP contribution >= 0.6 is 0 Å². The Morgan fingerprint density at radius 1 is 0.767 bits per heavy atom. The second kappa shape index (κ2) is 37.8. The molecule has 1 aromatic carbocycles. The molecule has 0 aliphatic carbocycles. The minimum Gasteiger partial charge on any atom is -0.379 e. The molecule has 1 aliphatic rings. The van der Waals surface area contributed by atoms with Crippen LogP contribution in [0.4, 0.5) is 10.5 Å². The molecule has 3 rings (SSSR count). The Morgan fingerprint density at radius 3 is 1.97 bits per heavy atom. The van der Waals surface area contributed by atoms with Crippen molar-refractivity contribution >= 4 is 68.8 Å². The zero-order chi connectivity index (χ0) is 67.6. The number of likely N-dealkylation sites (tertiary alicyclic amines) is 1. The normalized spacial score (nSPS) is 16.3. The van der Waals surface area contributed by atoms with Crippen LogP contribution in [-0.4, -0.2) is 196 Å². The molecule has 2 heterocycles. The number of nitrogens with two attached hydrogens (primary N) is 1. The van der Waals surface area contributed by atoms with Crippen molar-refractivity contribution in [2.45, 2.75) is 187 Å². The van der Waals surface area contributed by atoms with Crippen molar-refractivity contribution in [1.82, 2.24) is 56.6 Å². The molecule has 2 aromatic rings. The third-order valence-corrected chi connectivity index (χ3v) is 17.0. The van der Waals surface area contributed by atoms with Crippen molar-refractivity contribution in [1.29, 1.82) is 0 Å². The number of urea groups is 1. The smallest absolute Gasteiger partial charge is 0.312 e. The molecule has 0 spiro atoms. The summed E-state index contributed by atoms with van der Waals surface area (Å²) in [6, 6.07) is 1.66. The fourth-order valence-corrected chi connectivity index (χ4v) is 11.5. The fraction of sp³-hybridized carbons (Fsp3) is 0.667. The highest BCUT2D eigenvalue weighted by Gasteiger charge is 2.43. The van der Waals surface area contributed by atoms with Gasteiger partial charge in [-0.15, -0.1) is 0 Å². The number of nitrogens with one attached hydrogen (secondary N) is 7. The molecule has 1 aromatic heterocycles. The summed E-state index contributed by atoms with van der Waals surface area (Å²) in [6.07, 6.45) is 5.82. The molecule has 9 N–H and O–H groups in total. The number of primary amides is 1. The van der Waals surface area contributed by atoms with E-state index in [1.54, 1.807) is 61.9 Å². The molecule has 1 saturated heterocycles. The number of ether oxygens (including phenoxy) is 2. The number of methoxy groups -OCH3 is 2. The maximum Gasteiger partial charge on any atom is 0.312 e. The summed E-state index contributed by atoms with van der Waals surface area (Å²) in [5.74, 6) is 1.10. The van der Waals surface area contributed by atoms with Crippen molar-refractivity contribution in [3.05, 3.63) is 47.8 Å². The van der Waals surface area contributed by atoms with Crippen molar-refractivity contribution in [3.63, 3.8) is 0 Å². The number of carbonyl (C=O) groups is 9. The summed E-state index contributed by atoms with van der Waals surface area (Å²) in [7, 11) is 4.81. The van der Waals surface area contributed by atoms with Gasteiger partial charge in [0.25, 0.3) is 0 Å². The number of nitrogens with zero attached hydrogens (tertiary/aromatic N) is 5. The molecule has 0 saturated carbocycles. The quantitative estimate of drug-likeness (QED) is 0.0276. The third-order valence-electron chi connectivity index (χ3n) is 16.1. The predicted molar refractivity (Wildman–Crippen MR) is 341 cm³/mol. The molecule has 26 nitrogen and oxygen atoms in total. The second-order valence-electron chi connectivity index (χ2n) is 24.5. The highest BCUT2D eigenvalue weighted by atomic mass is 32.2. The monoisotopic (exact) mass is 1280 g/mol. The molecular formula is C63H101N13O13S. The summed E-state index contributed by atoms with van der Waals surface area (Å²) in [5.41, 5.74) is 6.68. The zero-order valence-electron chi connectivity index (χ0n) is 55.4. The number of carbonyl (C=O) groups excluding carboxylic acids is 9. The van der Waals surface area contributed by atoms with E-state index in [0.717, 1.165) is 6.26 Å². The number of rotatable bonds is 36. The Balaban J connectivity index is 1.60. The number of amides is 10. The third kappa shape index (κ3) is 24.5. The first-order valence-electron chi connectivity index (χ1n) is 31.0. The van der Waals surface area contributed by atoms with E-state index in [-0.39, 0.29) is 85.4 Å². The lowest BCUT2D eigenvalue weighted by Crippen LogP contribution is -2.59. The average Bonchev–Trinajstić information content (AvgIpc) is 2.52. The number of likely N-dealkylation sites (N-methyl/N-ethyl adjacent to an activating group) is 2. The molecule has 1 aliphatic heterocycles. The first-order chi connectivity index (χ1) is 42.4. The summed E-state index contributed by atoms with van der Waals surface area (Å²) in [6.45, 7) is 17.3. The highest BCUT2D eigenvalue weighted by Crippen LogP contribution is 2.30. The van der Waals surface area contributed by atoms with Crippen LogP contribution in [0.25, 0.3) is 0 Å². The first kappa shape index (κ1) is 77.0. The van der Waals surface area contributed by atoms with Gasteiger partial charge in [-0.1, -0.05) is 92.7 Å². The number of hydrogen-bond donors (Lipinski definition) is 8. The molecule has 10 atom stereocenters. The van der Waals surface area contributed by atoms with Gasteiger partial charge in [0.2, 0.25) is 62.3 Å². The van der Waals surface area contributed by atoms with Crippen LogP contribution in [-0.2, 0) is 64.2 Å². The van der Waals surface area contributed by atoms with E-state index in [0.29, 0.717) is 68.3 Å². The average molecular weight is 1280 g/mol. The van der Waals surface area contributed by atoms with E-state index >= 15 is 0 Å². The zero-order valence-corrected chi connectivity index (χ0v) is 56.2. The molecule has 10 amide bonds. The molecule has 1 fully saturated rings. The molecule has 0 bridgehead atoms. The van der Waals surface area contributed by atoms with E-state index in [2.05, 4.69) is 59.0 Å². The lowest BCUT2D eigenvalue weighted by molar-refractivity contribution is -0.148. The molecule has 0 unspecified atom stereocenters.